The van der Waals surface area contributed by atoms with Gasteiger partial charge in [0.2, 0.25) is 136 Å². The van der Waals surface area contributed by atoms with Crippen molar-refractivity contribution < 1.29 is 161 Å². The number of amides is 23. The van der Waals surface area contributed by atoms with E-state index >= 15 is 0 Å². The van der Waals surface area contributed by atoms with Gasteiger partial charge >= 0.3 is 11.9 Å². The molecule has 0 bridgehead atoms. The highest BCUT2D eigenvalue weighted by Gasteiger charge is 2.48. The van der Waals surface area contributed by atoms with Crippen LogP contribution in [-0.4, -0.2) is 370 Å². The molecular formula is C89H132N24O33. The number of likely N-dealkylation sites (tertiary alicyclic amines) is 3. The van der Waals surface area contributed by atoms with Crippen molar-refractivity contribution in [1.82, 2.24) is 99.8 Å². The first-order valence-electron chi connectivity index (χ1n) is 46.7. The minimum atomic E-state index is -2.09. The van der Waals surface area contributed by atoms with Crippen molar-refractivity contribution in [2.24, 2.45) is 40.5 Å². The van der Waals surface area contributed by atoms with E-state index in [9.17, 15) is 161 Å². The Balaban J connectivity index is 1.25. The number of phenols is 2. The number of aliphatic carboxylic acids is 2. The number of nitrogens with zero attached hydrogens (tertiary/aromatic N) is 3. The predicted molar refractivity (Wildman–Crippen MR) is 502 cm³/mol. The van der Waals surface area contributed by atoms with Crippen molar-refractivity contribution in [3.63, 3.8) is 0 Å². The number of nitrogens with two attached hydrogens (primary N) is 5. The fourth-order valence-corrected chi connectivity index (χ4v) is 15.6. The summed E-state index contributed by atoms with van der Waals surface area (Å²) in [6.45, 7) is 6.36. The van der Waals surface area contributed by atoms with E-state index in [4.69, 9.17) is 28.7 Å². The molecule has 22 atom stereocenters. The number of carbonyl (C=O) groups is 25. The van der Waals surface area contributed by atoms with Crippen LogP contribution in [0, 0.1) is 11.8 Å². The van der Waals surface area contributed by atoms with Crippen molar-refractivity contribution in [2.45, 2.75) is 273 Å². The topological polar surface area (TPSA) is 921 Å². The number of benzene rings is 2. The minimum absolute atomic E-state index is 0.00754. The van der Waals surface area contributed by atoms with E-state index in [1.807, 2.05) is 5.32 Å². The molecule has 806 valence electrons. The second-order valence-corrected chi connectivity index (χ2v) is 35.6. The molecule has 57 nitrogen and oxygen atoms in total. The number of carboxylic acids is 2. The Bertz CT molecular complexity index is 5090. The van der Waals surface area contributed by atoms with Gasteiger partial charge in [-0.05, 0) is 113 Å². The lowest BCUT2D eigenvalue weighted by atomic mass is 9.96. The quantitative estimate of drug-likeness (QED) is 0.0292. The molecule has 3 heterocycles. The maximum absolute atomic E-state index is 14.9. The number of primary amides is 4. The van der Waals surface area contributed by atoms with Crippen LogP contribution in [-0.2, 0) is 133 Å². The van der Waals surface area contributed by atoms with Gasteiger partial charge in [0.1, 0.15) is 108 Å². The van der Waals surface area contributed by atoms with Gasteiger partial charge in [0.05, 0.1) is 76.7 Å². The third kappa shape index (κ3) is 37.4. The molecule has 3 aliphatic rings. The zero-order valence-corrected chi connectivity index (χ0v) is 81.4. The summed E-state index contributed by atoms with van der Waals surface area (Å²) in [7, 11) is 0. The summed E-state index contributed by atoms with van der Waals surface area (Å²) in [5.74, 6) is -31.4. The van der Waals surface area contributed by atoms with Crippen molar-refractivity contribution in [2.75, 3.05) is 45.9 Å². The molecule has 5 rings (SSSR count). The van der Waals surface area contributed by atoms with Gasteiger partial charge in [-0.3, -0.25) is 115 Å². The van der Waals surface area contributed by atoms with E-state index in [0.29, 0.717) is 5.56 Å². The van der Waals surface area contributed by atoms with Crippen LogP contribution in [0.5, 0.6) is 11.5 Å². The Hall–Kier alpha value is -15.4. The first-order chi connectivity index (χ1) is 68.5. The number of nitrogens with one attached hydrogen (secondary N) is 16. The van der Waals surface area contributed by atoms with Crippen LogP contribution < -0.4 is 114 Å². The number of aromatic hydroxyl groups is 2. The van der Waals surface area contributed by atoms with Crippen LogP contribution >= 0.6 is 0 Å². The van der Waals surface area contributed by atoms with Crippen LogP contribution in [0.2, 0.25) is 0 Å². The number of aliphatic hydroxyl groups is 4. The third-order valence-electron chi connectivity index (χ3n) is 24.0. The summed E-state index contributed by atoms with van der Waals surface area (Å²) < 4.78 is 0. The van der Waals surface area contributed by atoms with Crippen molar-refractivity contribution in [1.29, 1.82) is 0 Å². The number of hydrogen-bond donors (Lipinski definition) is 29. The van der Waals surface area contributed by atoms with Gasteiger partial charge in [-0.1, -0.05) is 64.8 Å². The van der Waals surface area contributed by atoms with Gasteiger partial charge < -0.3 is 169 Å². The van der Waals surface area contributed by atoms with E-state index < -0.39 is 345 Å². The summed E-state index contributed by atoms with van der Waals surface area (Å²) >= 11 is 0. The fourth-order valence-electron chi connectivity index (χ4n) is 15.6. The van der Waals surface area contributed by atoms with E-state index in [-0.39, 0.29) is 94.5 Å². The number of carbonyl (C=O) groups excluding carboxylic acids is 23. The Labute approximate surface area is 835 Å². The standard InChI is InChI=1S/C89H132N24O33/c1-9-39(3)68(83(139)96-35-65(124)95-36-66(125)98-56(37-114)79(135)106-57(38-115)80(136)104-54(33-64(94)123)86(142)111-25-11-14-58(111)82(138)110-71(44(8)117)89(145)146)107-73(129)42(6)97-74(130)49(28-45-17-21-47(118)22-18-45)103-84(140)69(40(4)10-2)108-85(141)70(43(7)116)109-81(137)59-15-12-26-112(59)88(144)60-16-13-27-113(60)87(143)55(34-67(126)127)105-75(131)50(29-46-19-23-48(119)24-20-46)100-77(133)52(31-62(92)121)102-78(134)53(32-63(93)122)101-76(132)51(30-61(91)120)99-72(128)41(5)90/h17-24,39-44,49-60,68-71,114-119H,9-16,25-38,90H2,1-8H3,(H2,91,120)(H2,92,121)(H2,93,122)(H2,94,123)(H,95,124)(H,96,139)(H,97,130)(H,98,125)(H,99,128)(H,100,133)(H,101,132)(H,102,134)(H,103,140)(H,104,136)(H,105,131)(H,106,135)(H,107,129)(H,108,141)(H,109,137)(H,110,138)(H,126,127)(H,145,146)/t39-,40-,41-,42-,43+,44+,49-,50-,51-,52-,53-,54-,55-,56-,57-,58-,59-,60-,68-,69-,70-,71-/m0/s1. The number of hydrogen-bond acceptors (Lipinski definition) is 32. The number of carboxylic acid groups (broad SMARTS) is 2. The zero-order chi connectivity index (χ0) is 110. The lowest BCUT2D eigenvalue weighted by Gasteiger charge is -2.34. The highest BCUT2D eigenvalue weighted by Crippen LogP contribution is 2.28. The smallest absolute Gasteiger partial charge is 0.328 e. The van der Waals surface area contributed by atoms with Crippen LogP contribution in [0.1, 0.15) is 150 Å². The molecule has 3 aliphatic heterocycles. The molecule has 146 heavy (non-hydrogen) atoms. The maximum Gasteiger partial charge on any atom is 0.328 e. The second-order valence-electron chi connectivity index (χ2n) is 35.6. The average Bonchev–Trinajstić information content (AvgIpc) is 1.64. The van der Waals surface area contributed by atoms with Gasteiger partial charge in [0.25, 0.3) is 0 Å². The summed E-state index contributed by atoms with van der Waals surface area (Å²) in [5.41, 5.74) is 27.6. The predicted octanol–water partition coefficient (Wildman–Crippen LogP) is -13.9. The van der Waals surface area contributed by atoms with Gasteiger partial charge in [-0.2, -0.15) is 0 Å². The molecule has 0 unspecified atom stereocenters. The highest BCUT2D eigenvalue weighted by atomic mass is 16.4. The molecule has 57 heteroatoms. The Kier molecular flexibility index (Phi) is 47.9. The lowest BCUT2D eigenvalue weighted by molar-refractivity contribution is -0.150. The Morgan fingerprint density at radius 1 is 0.349 bits per heavy atom. The number of aliphatic hydroxyl groups excluding tert-OH is 4. The molecule has 0 spiro atoms. The highest BCUT2D eigenvalue weighted by molar-refractivity contribution is 6.04. The fraction of sp³-hybridized carbons (Fsp3) is 0.584. The number of rotatable bonds is 58. The van der Waals surface area contributed by atoms with Crippen molar-refractivity contribution >= 4 is 148 Å². The Morgan fingerprint density at radius 2 is 0.678 bits per heavy atom. The summed E-state index contributed by atoms with van der Waals surface area (Å²) in [4.78, 5) is 341. The molecule has 23 amide bonds. The van der Waals surface area contributed by atoms with E-state index in [1.54, 1.807) is 20.8 Å². The van der Waals surface area contributed by atoms with Crippen LogP contribution in [0.3, 0.4) is 0 Å². The summed E-state index contributed by atoms with van der Waals surface area (Å²) in [6.07, 6.45) is -8.64. The van der Waals surface area contributed by atoms with Gasteiger partial charge in [0.15, 0.2) is 6.04 Å². The van der Waals surface area contributed by atoms with E-state index in [1.165, 1.54) is 69.3 Å². The molecule has 2 aromatic rings. The minimum Gasteiger partial charge on any atom is -0.508 e. The molecule has 0 aromatic heterocycles. The molecule has 0 aliphatic carbocycles. The summed E-state index contributed by atoms with van der Waals surface area (Å²) in [5, 5.41) is 118. The van der Waals surface area contributed by atoms with Gasteiger partial charge in [-0.15, -0.1) is 0 Å². The lowest BCUT2D eigenvalue weighted by Crippen LogP contribution is -2.62. The molecule has 3 fully saturated rings. The van der Waals surface area contributed by atoms with Crippen LogP contribution in [0.4, 0.5) is 0 Å². The average molecular weight is 2070 g/mol. The first kappa shape index (κ1) is 121. The zero-order valence-electron chi connectivity index (χ0n) is 81.4. The van der Waals surface area contributed by atoms with Crippen molar-refractivity contribution in [3.8, 4) is 11.5 Å². The number of phenolic OH excluding ortho intramolecular Hbond substituents is 2. The molecule has 34 N–H and O–H groups in total. The monoisotopic (exact) mass is 2060 g/mol. The molecular weight excluding hydrogens is 1930 g/mol. The normalized spacial score (nSPS) is 18.1. The molecule has 0 radical (unpaired) electrons. The van der Waals surface area contributed by atoms with Gasteiger partial charge in [-0.25, -0.2) is 4.79 Å². The second kappa shape index (κ2) is 57.8. The largest absolute Gasteiger partial charge is 0.508 e. The molecule has 0 saturated carbocycles. The van der Waals surface area contributed by atoms with Gasteiger partial charge in [0, 0.05) is 32.5 Å². The van der Waals surface area contributed by atoms with E-state index in [0.717, 1.165) is 28.5 Å². The van der Waals surface area contributed by atoms with Crippen LogP contribution in [0.15, 0.2) is 48.5 Å². The summed E-state index contributed by atoms with van der Waals surface area (Å²) in [6, 6.07) is -20.6. The van der Waals surface area contributed by atoms with Crippen molar-refractivity contribution in [3.05, 3.63) is 59.7 Å². The molecule has 2 aromatic carbocycles. The SMILES string of the molecule is CC[C@H](C)[C@H](NC(=O)[C@H](C)NC(=O)[C@H](Cc1ccc(O)cc1)NC(=O)[C@@H](NC(=O)[C@@H](NC(=O)[C@@H]1CCCN1C(=O)[C@@H]1CCCN1C(=O)[C@H](CC(=O)O)NC(=O)[C@H](Cc1ccc(O)cc1)NC(=O)[C@H](CC(N)=O)NC(=O)[C@H](CC(N)=O)NC(=O)[C@H](CC(N)=O)NC(=O)[C@H](C)N)[C@@H](C)O)[C@@H](C)CC)C(=O)NCC(=O)NCC(=O)N[C@@H](CO)C(=O)N[C@@H](CO)C(=O)N[C@@H](CC(N)=O)C(=O)N1CCC[C@H]1C(=O)N[C@H](C(=O)O)[C@@H](C)O. The molecule has 3 saturated heterocycles. The van der Waals surface area contributed by atoms with E-state index in [2.05, 4.69) is 79.8 Å². The maximum atomic E-state index is 14.9. The first-order valence-corrected chi connectivity index (χ1v) is 46.7. The third-order valence-corrected chi connectivity index (χ3v) is 24.0. The Morgan fingerprint density at radius 3 is 1.10 bits per heavy atom. The van der Waals surface area contributed by atoms with Crippen LogP contribution in [0.25, 0.3) is 0 Å².